The summed E-state index contributed by atoms with van der Waals surface area (Å²) in [6.07, 6.45) is 5.41. The molecule has 0 aromatic carbocycles. The molecule has 1 heterocycles. The van der Waals surface area contributed by atoms with Gasteiger partial charge in [0, 0.05) is 19.3 Å². The van der Waals surface area contributed by atoms with Crippen LogP contribution in [0, 0.1) is 0 Å². The van der Waals surface area contributed by atoms with E-state index in [0.717, 1.165) is 5.56 Å². The topological polar surface area (TPSA) is 34.4 Å². The maximum atomic E-state index is 10.1. The summed E-state index contributed by atoms with van der Waals surface area (Å²) < 4.78 is 1.80. The fourth-order valence-corrected chi connectivity index (χ4v) is 1.20. The first-order valence-electron chi connectivity index (χ1n) is 4.32. The number of aromatic nitrogens is 1. The Balaban J connectivity index is 3.21. The van der Waals surface area contributed by atoms with Crippen LogP contribution in [0.3, 0.4) is 0 Å². The second-order valence-electron chi connectivity index (χ2n) is 2.87. The molecule has 0 spiro atoms. The summed E-state index contributed by atoms with van der Waals surface area (Å²) in [5, 5.41) is 0.159. The van der Waals surface area contributed by atoms with Gasteiger partial charge >= 0.3 is 0 Å². The van der Waals surface area contributed by atoms with Crippen LogP contribution in [0.5, 0.6) is 0 Å². The Morgan fingerprint density at radius 1 is 1.60 bits per heavy atom. The van der Waals surface area contributed by atoms with Gasteiger partial charge in [-0.3, -0.25) is 4.79 Å². The molecule has 0 radical (unpaired) electrons. The highest BCUT2D eigenvalue weighted by Crippen LogP contribution is 2.00. The average molecular weight is 223 g/mol. The van der Waals surface area contributed by atoms with Gasteiger partial charge in [-0.2, -0.15) is 0 Å². The third kappa shape index (κ3) is 3.22. The van der Waals surface area contributed by atoms with Crippen LogP contribution in [-0.4, -0.2) is 10.9 Å². The zero-order chi connectivity index (χ0) is 11.3. The van der Waals surface area contributed by atoms with E-state index in [-0.39, 0.29) is 5.16 Å². The summed E-state index contributed by atoms with van der Waals surface area (Å²) in [7, 11) is 1.84. The van der Waals surface area contributed by atoms with Crippen LogP contribution in [0.2, 0.25) is 0 Å². The largest absolute Gasteiger partial charge is 0.335 e. The number of carbonyl (C=O) groups excluding carboxylic acids is 1. The molecule has 15 heavy (non-hydrogen) atoms. The highest BCUT2D eigenvalue weighted by atomic mass is 35.5. The van der Waals surface area contributed by atoms with E-state index in [1.807, 2.05) is 19.3 Å². The normalized spacial score (nSPS) is 12.7. The number of pyridine rings is 1. The second-order valence-corrected chi connectivity index (χ2v) is 3.26. The van der Waals surface area contributed by atoms with Gasteiger partial charge in [0.1, 0.15) is 16.9 Å². The molecular weight excluding hydrogens is 212 g/mol. The SMILES string of the molecule is C=Cc1ccc(=N/C(Cl)=C\C=O)n(C)c1. The highest BCUT2D eigenvalue weighted by molar-refractivity contribution is 6.30. The first kappa shape index (κ1) is 11.5. The fraction of sp³-hybridized carbons (Fsp3) is 0.0909. The first-order chi connectivity index (χ1) is 7.17. The van der Waals surface area contributed by atoms with Gasteiger partial charge in [0.05, 0.1) is 0 Å². The standard InChI is InChI=1S/C11H11ClN2O/c1-3-9-4-5-11(14(2)8-9)13-10(12)6-7-15/h3-8H,1H2,2H3/b10-6-,13-11?. The molecule has 0 atom stereocenters. The van der Waals surface area contributed by atoms with Crippen molar-refractivity contribution >= 4 is 24.0 Å². The minimum Gasteiger partial charge on any atom is -0.335 e. The minimum atomic E-state index is 0.159. The number of nitrogens with zero attached hydrogens (tertiary/aromatic N) is 2. The highest BCUT2D eigenvalue weighted by Gasteiger charge is 1.91. The van der Waals surface area contributed by atoms with Gasteiger partial charge in [-0.05, 0) is 17.7 Å². The minimum absolute atomic E-state index is 0.159. The third-order valence-corrected chi connectivity index (χ3v) is 2.00. The number of hydrogen-bond acceptors (Lipinski definition) is 2. The maximum absolute atomic E-state index is 10.1. The van der Waals surface area contributed by atoms with Crippen molar-refractivity contribution in [1.82, 2.24) is 4.57 Å². The van der Waals surface area contributed by atoms with Gasteiger partial charge < -0.3 is 4.57 Å². The number of rotatable bonds is 3. The van der Waals surface area contributed by atoms with E-state index in [9.17, 15) is 4.79 Å². The van der Waals surface area contributed by atoms with Gasteiger partial charge in [-0.15, -0.1) is 0 Å². The molecule has 0 amide bonds. The summed E-state index contributed by atoms with van der Waals surface area (Å²) in [6.45, 7) is 3.66. The molecular formula is C11H11ClN2O. The molecule has 0 saturated carbocycles. The summed E-state index contributed by atoms with van der Waals surface area (Å²) in [6, 6.07) is 3.68. The van der Waals surface area contributed by atoms with E-state index < -0.39 is 0 Å². The average Bonchev–Trinajstić information content (AvgIpc) is 2.21. The van der Waals surface area contributed by atoms with Crippen LogP contribution in [-0.2, 0) is 11.8 Å². The predicted octanol–water partition coefficient (Wildman–Crippen LogP) is 1.85. The molecule has 3 nitrogen and oxygen atoms in total. The summed E-state index contributed by atoms with van der Waals surface area (Å²) in [5.74, 6) is 0. The first-order valence-corrected chi connectivity index (χ1v) is 4.70. The van der Waals surface area contributed by atoms with Crippen molar-refractivity contribution in [3.8, 4) is 0 Å². The molecule has 0 saturated heterocycles. The van der Waals surface area contributed by atoms with E-state index in [2.05, 4.69) is 11.6 Å². The Morgan fingerprint density at radius 3 is 2.87 bits per heavy atom. The summed E-state index contributed by atoms with van der Waals surface area (Å²) >= 11 is 5.69. The molecule has 1 rings (SSSR count). The lowest BCUT2D eigenvalue weighted by atomic mass is 10.3. The molecule has 0 aliphatic heterocycles. The maximum Gasteiger partial charge on any atom is 0.145 e. The zero-order valence-electron chi connectivity index (χ0n) is 8.35. The Bertz CT molecular complexity index is 472. The second kappa shape index (κ2) is 5.32. The third-order valence-electron chi connectivity index (χ3n) is 1.79. The quantitative estimate of drug-likeness (QED) is 0.437. The van der Waals surface area contributed by atoms with Crippen molar-refractivity contribution in [3.05, 3.63) is 47.2 Å². The fourth-order valence-electron chi connectivity index (χ4n) is 1.06. The smallest absolute Gasteiger partial charge is 0.145 e. The van der Waals surface area contributed by atoms with Crippen LogP contribution in [0.4, 0.5) is 0 Å². The van der Waals surface area contributed by atoms with E-state index in [0.29, 0.717) is 11.8 Å². The van der Waals surface area contributed by atoms with E-state index in [1.54, 1.807) is 16.7 Å². The predicted molar refractivity (Wildman–Crippen MR) is 61.1 cm³/mol. The number of allylic oxidation sites excluding steroid dienone is 1. The Morgan fingerprint density at radius 2 is 2.33 bits per heavy atom. The number of aldehydes is 1. The van der Waals surface area contributed by atoms with E-state index >= 15 is 0 Å². The summed E-state index contributed by atoms with van der Waals surface area (Å²) in [4.78, 5) is 14.2. The molecule has 0 aliphatic carbocycles. The Labute approximate surface area is 93.0 Å². The molecule has 0 bridgehead atoms. The van der Waals surface area contributed by atoms with Crippen molar-refractivity contribution < 1.29 is 4.79 Å². The molecule has 1 aromatic rings. The van der Waals surface area contributed by atoms with Crippen LogP contribution in [0.1, 0.15) is 5.56 Å². The van der Waals surface area contributed by atoms with Crippen molar-refractivity contribution in [2.75, 3.05) is 0 Å². The number of carbonyl (C=O) groups is 1. The van der Waals surface area contributed by atoms with Gasteiger partial charge in [0.15, 0.2) is 0 Å². The molecule has 0 fully saturated rings. The molecule has 0 aliphatic rings. The van der Waals surface area contributed by atoms with E-state index in [4.69, 9.17) is 11.6 Å². The van der Waals surface area contributed by atoms with Gasteiger partial charge in [0.2, 0.25) is 0 Å². The zero-order valence-corrected chi connectivity index (χ0v) is 9.11. The van der Waals surface area contributed by atoms with Crippen molar-refractivity contribution in [3.63, 3.8) is 0 Å². The van der Waals surface area contributed by atoms with Crippen LogP contribution in [0.15, 0.2) is 41.1 Å². The number of halogens is 1. The van der Waals surface area contributed by atoms with Crippen molar-refractivity contribution in [1.29, 1.82) is 0 Å². The van der Waals surface area contributed by atoms with Crippen molar-refractivity contribution in [2.45, 2.75) is 0 Å². The molecule has 0 N–H and O–H groups in total. The Hall–Kier alpha value is -1.61. The van der Waals surface area contributed by atoms with Crippen LogP contribution >= 0.6 is 11.6 Å². The van der Waals surface area contributed by atoms with Crippen molar-refractivity contribution in [2.24, 2.45) is 12.0 Å². The number of aryl methyl sites for hydroxylation is 1. The van der Waals surface area contributed by atoms with Crippen LogP contribution < -0.4 is 5.49 Å². The Kier molecular flexibility index (Phi) is 4.06. The van der Waals surface area contributed by atoms with Gasteiger partial charge in [0.25, 0.3) is 0 Å². The monoisotopic (exact) mass is 222 g/mol. The van der Waals surface area contributed by atoms with Gasteiger partial charge in [-0.1, -0.05) is 24.3 Å². The molecule has 0 unspecified atom stereocenters. The van der Waals surface area contributed by atoms with Crippen LogP contribution in [0.25, 0.3) is 6.08 Å². The lowest BCUT2D eigenvalue weighted by Gasteiger charge is -2.00. The van der Waals surface area contributed by atoms with E-state index in [1.165, 1.54) is 6.08 Å². The molecule has 78 valence electrons. The lowest BCUT2D eigenvalue weighted by Crippen LogP contribution is -2.16. The number of hydrogen-bond donors (Lipinski definition) is 0. The lowest BCUT2D eigenvalue weighted by molar-refractivity contribution is -0.104. The molecule has 1 aromatic heterocycles. The summed E-state index contributed by atoms with van der Waals surface area (Å²) in [5.41, 5.74) is 1.66. The van der Waals surface area contributed by atoms with Gasteiger partial charge in [-0.25, -0.2) is 4.99 Å². The molecule has 4 heteroatoms.